The Morgan fingerprint density at radius 3 is 2.24 bits per heavy atom. The molecule has 0 saturated carbocycles. The number of esters is 1. The topological polar surface area (TPSA) is 84.5 Å². The SMILES string of the molecule is CCC(=O)Nc1ccc(C(=O)Nc2cccc(OC(=O)CC)c2)cc1. The number of carbonyl (C=O) groups is 3. The molecule has 2 aromatic carbocycles. The Hall–Kier alpha value is -3.15. The van der Waals surface area contributed by atoms with Crippen LogP contribution in [-0.2, 0) is 9.59 Å². The molecule has 0 aromatic heterocycles. The van der Waals surface area contributed by atoms with Crippen LogP contribution in [0.2, 0.25) is 0 Å². The van der Waals surface area contributed by atoms with Crippen molar-refractivity contribution < 1.29 is 19.1 Å². The summed E-state index contributed by atoms with van der Waals surface area (Å²) < 4.78 is 5.12. The number of hydrogen-bond acceptors (Lipinski definition) is 4. The van der Waals surface area contributed by atoms with E-state index in [1.807, 2.05) is 0 Å². The number of benzene rings is 2. The molecule has 2 rings (SSSR count). The van der Waals surface area contributed by atoms with Crippen LogP contribution in [0, 0.1) is 0 Å². The lowest BCUT2D eigenvalue weighted by Gasteiger charge is -2.09. The van der Waals surface area contributed by atoms with E-state index >= 15 is 0 Å². The smallest absolute Gasteiger partial charge is 0.310 e. The molecule has 2 aromatic rings. The van der Waals surface area contributed by atoms with Crippen LogP contribution in [0.1, 0.15) is 37.0 Å². The van der Waals surface area contributed by atoms with E-state index in [1.165, 1.54) is 0 Å². The minimum absolute atomic E-state index is 0.0874. The molecule has 130 valence electrons. The minimum Gasteiger partial charge on any atom is -0.426 e. The van der Waals surface area contributed by atoms with Gasteiger partial charge in [-0.15, -0.1) is 0 Å². The molecule has 0 radical (unpaired) electrons. The van der Waals surface area contributed by atoms with Crippen LogP contribution in [0.3, 0.4) is 0 Å². The Morgan fingerprint density at radius 2 is 1.60 bits per heavy atom. The molecule has 2 amide bonds. The van der Waals surface area contributed by atoms with Crippen molar-refractivity contribution in [3.63, 3.8) is 0 Å². The highest BCUT2D eigenvalue weighted by atomic mass is 16.5. The third kappa shape index (κ3) is 5.46. The minimum atomic E-state index is -0.340. The van der Waals surface area contributed by atoms with Gasteiger partial charge >= 0.3 is 5.97 Å². The highest BCUT2D eigenvalue weighted by Crippen LogP contribution is 2.19. The van der Waals surface area contributed by atoms with Crippen molar-refractivity contribution in [3.8, 4) is 5.75 Å². The first-order chi connectivity index (χ1) is 12.0. The number of hydrogen-bond donors (Lipinski definition) is 2. The molecule has 0 aliphatic rings. The van der Waals surface area contributed by atoms with Crippen molar-refractivity contribution in [2.75, 3.05) is 10.6 Å². The molecule has 25 heavy (non-hydrogen) atoms. The monoisotopic (exact) mass is 340 g/mol. The Labute approximate surface area is 146 Å². The van der Waals surface area contributed by atoms with E-state index in [1.54, 1.807) is 62.4 Å². The lowest BCUT2D eigenvalue weighted by molar-refractivity contribution is -0.134. The molecule has 0 aliphatic heterocycles. The molecule has 0 bridgehead atoms. The number of rotatable bonds is 6. The van der Waals surface area contributed by atoms with Gasteiger partial charge in [-0.2, -0.15) is 0 Å². The molecule has 0 saturated heterocycles. The molecule has 0 spiro atoms. The van der Waals surface area contributed by atoms with Gasteiger partial charge in [0.2, 0.25) is 5.91 Å². The fourth-order valence-electron chi connectivity index (χ4n) is 2.00. The van der Waals surface area contributed by atoms with Gasteiger partial charge in [-0.25, -0.2) is 0 Å². The van der Waals surface area contributed by atoms with Gasteiger partial charge in [-0.05, 0) is 36.4 Å². The summed E-state index contributed by atoms with van der Waals surface area (Å²) in [6, 6.07) is 13.2. The maximum absolute atomic E-state index is 12.3. The maximum Gasteiger partial charge on any atom is 0.310 e. The Balaban J connectivity index is 2.03. The van der Waals surface area contributed by atoms with E-state index in [0.29, 0.717) is 29.1 Å². The number of amides is 2. The number of carbonyl (C=O) groups excluding carboxylic acids is 3. The highest BCUT2D eigenvalue weighted by Gasteiger charge is 2.08. The van der Waals surface area contributed by atoms with Gasteiger partial charge in [0.15, 0.2) is 0 Å². The van der Waals surface area contributed by atoms with E-state index in [9.17, 15) is 14.4 Å². The summed E-state index contributed by atoms with van der Waals surface area (Å²) in [6.07, 6.45) is 0.665. The van der Waals surface area contributed by atoms with Gasteiger partial charge in [0.25, 0.3) is 5.91 Å². The molecule has 0 fully saturated rings. The Bertz CT molecular complexity index is 769. The zero-order valence-corrected chi connectivity index (χ0v) is 14.2. The average molecular weight is 340 g/mol. The molecular formula is C19H20N2O4. The van der Waals surface area contributed by atoms with Gasteiger partial charge in [0, 0.05) is 35.8 Å². The second-order valence-corrected chi connectivity index (χ2v) is 5.29. The third-order valence-corrected chi connectivity index (χ3v) is 3.36. The molecule has 2 N–H and O–H groups in total. The van der Waals surface area contributed by atoms with Crippen LogP contribution in [0.25, 0.3) is 0 Å². The van der Waals surface area contributed by atoms with Crippen LogP contribution in [0.15, 0.2) is 48.5 Å². The van der Waals surface area contributed by atoms with Crippen LogP contribution in [0.5, 0.6) is 5.75 Å². The van der Waals surface area contributed by atoms with Crippen molar-refractivity contribution >= 4 is 29.2 Å². The van der Waals surface area contributed by atoms with Crippen molar-refractivity contribution in [1.82, 2.24) is 0 Å². The van der Waals surface area contributed by atoms with Crippen LogP contribution < -0.4 is 15.4 Å². The van der Waals surface area contributed by atoms with E-state index < -0.39 is 0 Å². The van der Waals surface area contributed by atoms with E-state index in [-0.39, 0.29) is 24.2 Å². The first kappa shape index (κ1) is 18.2. The van der Waals surface area contributed by atoms with Crippen molar-refractivity contribution in [2.24, 2.45) is 0 Å². The average Bonchev–Trinajstić information content (AvgIpc) is 2.62. The second kappa shape index (κ2) is 8.63. The summed E-state index contributed by atoms with van der Waals surface area (Å²) in [5, 5.41) is 5.46. The predicted octanol–water partition coefficient (Wildman–Crippen LogP) is 3.60. The Kier molecular flexibility index (Phi) is 6.28. The Morgan fingerprint density at radius 1 is 0.880 bits per heavy atom. The van der Waals surface area contributed by atoms with Gasteiger partial charge in [0.1, 0.15) is 5.75 Å². The van der Waals surface area contributed by atoms with Crippen LogP contribution in [0.4, 0.5) is 11.4 Å². The number of nitrogens with one attached hydrogen (secondary N) is 2. The fourth-order valence-corrected chi connectivity index (χ4v) is 2.00. The normalized spacial score (nSPS) is 10.0. The van der Waals surface area contributed by atoms with E-state index in [4.69, 9.17) is 4.74 Å². The molecule has 0 heterocycles. The quantitative estimate of drug-likeness (QED) is 0.621. The van der Waals surface area contributed by atoms with Crippen molar-refractivity contribution in [2.45, 2.75) is 26.7 Å². The van der Waals surface area contributed by atoms with Crippen molar-refractivity contribution in [3.05, 3.63) is 54.1 Å². The van der Waals surface area contributed by atoms with Gasteiger partial charge in [-0.3, -0.25) is 14.4 Å². The first-order valence-electron chi connectivity index (χ1n) is 8.03. The summed E-state index contributed by atoms with van der Waals surface area (Å²) >= 11 is 0. The van der Waals surface area contributed by atoms with Crippen LogP contribution >= 0.6 is 0 Å². The summed E-state index contributed by atoms with van der Waals surface area (Å²) in [6.45, 7) is 3.48. The zero-order chi connectivity index (χ0) is 18.2. The molecule has 0 aliphatic carbocycles. The lowest BCUT2D eigenvalue weighted by atomic mass is 10.2. The first-order valence-corrected chi connectivity index (χ1v) is 8.03. The predicted molar refractivity (Wildman–Crippen MR) is 95.7 cm³/mol. The van der Waals surface area contributed by atoms with Gasteiger partial charge in [0.05, 0.1) is 0 Å². The highest BCUT2D eigenvalue weighted by molar-refractivity contribution is 6.04. The van der Waals surface area contributed by atoms with Gasteiger partial charge < -0.3 is 15.4 Å². The summed E-state index contributed by atoms with van der Waals surface area (Å²) in [4.78, 5) is 35.0. The molecule has 0 unspecified atom stereocenters. The largest absolute Gasteiger partial charge is 0.426 e. The number of anilines is 2. The number of ether oxygens (including phenoxy) is 1. The standard InChI is InChI=1S/C19H20N2O4/c1-3-17(22)20-14-10-8-13(9-11-14)19(24)21-15-6-5-7-16(12-15)25-18(23)4-2/h5-12H,3-4H2,1-2H3,(H,20,22)(H,21,24). The molecular weight excluding hydrogens is 320 g/mol. The maximum atomic E-state index is 12.3. The van der Waals surface area contributed by atoms with Gasteiger partial charge in [-0.1, -0.05) is 19.9 Å². The third-order valence-electron chi connectivity index (χ3n) is 3.36. The fraction of sp³-hybridized carbons (Fsp3) is 0.211. The van der Waals surface area contributed by atoms with Crippen molar-refractivity contribution in [1.29, 1.82) is 0 Å². The van der Waals surface area contributed by atoms with Crippen LogP contribution in [-0.4, -0.2) is 17.8 Å². The molecule has 6 heteroatoms. The second-order valence-electron chi connectivity index (χ2n) is 5.29. The molecule has 0 atom stereocenters. The summed E-state index contributed by atoms with van der Waals surface area (Å²) in [5.41, 5.74) is 1.61. The summed E-state index contributed by atoms with van der Waals surface area (Å²) in [5.74, 6) is -0.349. The van der Waals surface area contributed by atoms with E-state index in [2.05, 4.69) is 10.6 Å². The van der Waals surface area contributed by atoms with E-state index in [0.717, 1.165) is 0 Å². The lowest BCUT2D eigenvalue weighted by Crippen LogP contribution is -2.13. The summed E-state index contributed by atoms with van der Waals surface area (Å²) in [7, 11) is 0. The molecule has 6 nitrogen and oxygen atoms in total. The zero-order valence-electron chi connectivity index (χ0n) is 14.2.